The highest BCUT2D eigenvalue weighted by molar-refractivity contribution is 5.77. The summed E-state index contributed by atoms with van der Waals surface area (Å²) in [4.78, 5) is 19.4. The molecule has 1 N–H and O–H groups in total. The first-order valence-corrected chi connectivity index (χ1v) is 9.98. The number of fused-ring (bicyclic) bond motifs is 1. The lowest BCUT2D eigenvalue weighted by Gasteiger charge is -2.25. The molecule has 0 saturated heterocycles. The van der Waals surface area contributed by atoms with Crippen molar-refractivity contribution in [1.29, 1.82) is 0 Å². The van der Waals surface area contributed by atoms with Gasteiger partial charge in [-0.25, -0.2) is 9.97 Å². The summed E-state index contributed by atoms with van der Waals surface area (Å²) in [5.41, 5.74) is 0.276. The van der Waals surface area contributed by atoms with E-state index in [0.717, 1.165) is 17.8 Å². The van der Waals surface area contributed by atoms with Crippen LogP contribution in [-0.4, -0.2) is 37.4 Å². The second kappa shape index (κ2) is 9.99. The molecule has 3 rings (SSSR count). The van der Waals surface area contributed by atoms with E-state index in [1.807, 2.05) is 13.8 Å². The fraction of sp³-hybridized carbons (Fsp3) is 0.409. The summed E-state index contributed by atoms with van der Waals surface area (Å²) in [5, 5.41) is 9.26. The van der Waals surface area contributed by atoms with E-state index in [0.29, 0.717) is 17.8 Å². The monoisotopic (exact) mass is 453 g/mol. The number of hydrogen-bond donors (Lipinski definition) is 1. The number of aromatic nitrogens is 3. The van der Waals surface area contributed by atoms with Gasteiger partial charge < -0.3 is 19.1 Å². The summed E-state index contributed by atoms with van der Waals surface area (Å²) in [6.07, 6.45) is -4.85. The van der Waals surface area contributed by atoms with Crippen molar-refractivity contribution in [3.05, 3.63) is 48.4 Å². The van der Waals surface area contributed by atoms with Crippen molar-refractivity contribution in [2.24, 2.45) is 0 Å². The number of hydrogen-bond acceptors (Lipinski definition) is 6. The fourth-order valence-electron chi connectivity index (χ4n) is 2.98. The van der Waals surface area contributed by atoms with Crippen LogP contribution in [0.3, 0.4) is 0 Å². The maximum Gasteiger partial charge on any atom is 0.418 e. The zero-order valence-electron chi connectivity index (χ0n) is 18.5. The zero-order chi connectivity index (χ0) is 24.1. The number of ether oxygens (including phenoxy) is 2. The van der Waals surface area contributed by atoms with Crippen LogP contribution in [-0.2, 0) is 16.1 Å². The number of pyridine rings is 1. The first kappa shape index (κ1) is 25.1. The zero-order valence-corrected chi connectivity index (χ0v) is 18.5. The van der Waals surface area contributed by atoms with Gasteiger partial charge in [0.2, 0.25) is 5.88 Å². The maximum absolute atomic E-state index is 12.6. The van der Waals surface area contributed by atoms with Crippen LogP contribution in [0.2, 0.25) is 0 Å². The van der Waals surface area contributed by atoms with Crippen LogP contribution in [0, 0.1) is 0 Å². The molecular weight excluding hydrogens is 427 g/mol. The number of benzene rings is 1. The Morgan fingerprint density at radius 3 is 2.41 bits per heavy atom. The van der Waals surface area contributed by atoms with E-state index in [-0.39, 0.29) is 11.4 Å². The lowest BCUT2D eigenvalue weighted by atomic mass is 10.1. The van der Waals surface area contributed by atoms with E-state index in [2.05, 4.69) is 9.97 Å². The molecule has 1 atom stereocenters. The molecule has 0 spiro atoms. The van der Waals surface area contributed by atoms with Crippen LogP contribution in [0.25, 0.3) is 11.0 Å². The molecule has 0 saturated carbocycles. The molecule has 0 aliphatic heterocycles. The van der Waals surface area contributed by atoms with Crippen molar-refractivity contribution in [3.8, 4) is 11.6 Å². The lowest BCUT2D eigenvalue weighted by molar-refractivity contribution is -0.206. The molecule has 0 aliphatic carbocycles. The molecule has 3 aromatic rings. The Kier molecular flexibility index (Phi) is 7.84. The van der Waals surface area contributed by atoms with Gasteiger partial charge >= 0.3 is 12.1 Å². The Bertz CT molecular complexity index is 1050. The maximum atomic E-state index is 12.6. The van der Waals surface area contributed by atoms with Crippen LogP contribution >= 0.6 is 0 Å². The third-order valence-electron chi connectivity index (χ3n) is 4.17. The number of esters is 1. The van der Waals surface area contributed by atoms with Gasteiger partial charge in [-0.2, -0.15) is 13.2 Å². The molecule has 2 heterocycles. The molecular formula is C22H26F3N3O4. The number of carbonyl (C=O) groups is 1. The Morgan fingerprint density at radius 1 is 1.16 bits per heavy atom. The normalized spacial score (nSPS) is 12.7. The van der Waals surface area contributed by atoms with E-state index in [1.165, 1.54) is 13.0 Å². The molecule has 174 valence electrons. The third kappa shape index (κ3) is 6.43. The standard InChI is InChI=1S/C20H20F3N3O4.C2H6/c1-12(27)30-19(2,3)10-26-11-25-15-6-5-14(8-16(15)26)29-17-7-4-13(9-24-17)18(28)20(21,22)23;1-2/h4-9,11,18,28H,10H2,1-3H3;1-2H3. The van der Waals surface area contributed by atoms with E-state index in [4.69, 9.17) is 9.47 Å². The molecule has 1 unspecified atom stereocenters. The van der Waals surface area contributed by atoms with Gasteiger partial charge in [0, 0.05) is 30.8 Å². The summed E-state index contributed by atoms with van der Waals surface area (Å²) in [6.45, 7) is 9.25. The van der Waals surface area contributed by atoms with Crippen LogP contribution in [0.1, 0.15) is 46.3 Å². The first-order chi connectivity index (χ1) is 14.9. The van der Waals surface area contributed by atoms with Crippen LogP contribution in [0.15, 0.2) is 42.9 Å². The molecule has 1 aromatic carbocycles. The van der Waals surface area contributed by atoms with Crippen molar-refractivity contribution >= 4 is 17.0 Å². The lowest BCUT2D eigenvalue weighted by Crippen LogP contribution is -2.32. The second-order valence-corrected chi connectivity index (χ2v) is 7.35. The molecule has 0 amide bonds. The molecule has 0 aliphatic rings. The summed E-state index contributed by atoms with van der Waals surface area (Å²) in [7, 11) is 0. The number of nitrogens with zero attached hydrogens (tertiary/aromatic N) is 3. The predicted octanol–water partition coefficient (Wildman–Crippen LogP) is 5.19. The van der Waals surface area contributed by atoms with Gasteiger partial charge in [-0.3, -0.25) is 4.79 Å². The number of aliphatic hydroxyl groups excluding tert-OH is 1. The quantitative estimate of drug-likeness (QED) is 0.517. The number of carbonyl (C=O) groups excluding carboxylic acids is 1. The van der Waals surface area contributed by atoms with E-state index in [9.17, 15) is 23.1 Å². The SMILES string of the molecule is CC.CC(=O)OC(C)(C)Cn1cnc2ccc(Oc3ccc(C(O)C(F)(F)F)cn3)cc21. The molecule has 10 heteroatoms. The van der Waals surface area contributed by atoms with Crippen LogP contribution in [0.5, 0.6) is 11.6 Å². The Hall–Kier alpha value is -3.14. The van der Waals surface area contributed by atoms with Gasteiger partial charge in [0.25, 0.3) is 0 Å². The average Bonchev–Trinajstić information content (AvgIpc) is 3.09. The van der Waals surface area contributed by atoms with Crippen molar-refractivity contribution in [2.45, 2.75) is 59.0 Å². The number of rotatable bonds is 6. The minimum Gasteiger partial charge on any atom is -0.458 e. The minimum absolute atomic E-state index is 0.0683. The van der Waals surface area contributed by atoms with Gasteiger partial charge in [0.15, 0.2) is 6.10 Å². The topological polar surface area (TPSA) is 86.5 Å². The van der Waals surface area contributed by atoms with Gasteiger partial charge in [0.1, 0.15) is 11.4 Å². The number of alkyl halides is 3. The van der Waals surface area contributed by atoms with Crippen molar-refractivity contribution in [1.82, 2.24) is 14.5 Å². The third-order valence-corrected chi connectivity index (χ3v) is 4.17. The highest BCUT2D eigenvalue weighted by Gasteiger charge is 2.39. The fourth-order valence-corrected chi connectivity index (χ4v) is 2.98. The summed E-state index contributed by atoms with van der Waals surface area (Å²) in [5.74, 6) is 0.0727. The largest absolute Gasteiger partial charge is 0.458 e. The highest BCUT2D eigenvalue weighted by atomic mass is 19.4. The average molecular weight is 453 g/mol. The van der Waals surface area contributed by atoms with Crippen LogP contribution < -0.4 is 4.74 Å². The van der Waals surface area contributed by atoms with E-state index < -0.39 is 23.9 Å². The number of aliphatic hydroxyl groups is 1. The number of imidazole rings is 1. The van der Waals surface area contributed by atoms with E-state index in [1.54, 1.807) is 42.9 Å². The Morgan fingerprint density at radius 2 is 1.84 bits per heavy atom. The summed E-state index contributed by atoms with van der Waals surface area (Å²) < 4.78 is 50.5. The smallest absolute Gasteiger partial charge is 0.418 e. The van der Waals surface area contributed by atoms with Crippen molar-refractivity contribution in [2.75, 3.05) is 0 Å². The molecule has 0 bridgehead atoms. The highest BCUT2D eigenvalue weighted by Crippen LogP contribution is 2.33. The van der Waals surface area contributed by atoms with Gasteiger partial charge in [-0.05, 0) is 32.0 Å². The predicted molar refractivity (Wildman–Crippen MR) is 112 cm³/mol. The van der Waals surface area contributed by atoms with Crippen molar-refractivity contribution in [3.63, 3.8) is 0 Å². The molecule has 2 aromatic heterocycles. The van der Waals surface area contributed by atoms with Crippen LogP contribution in [0.4, 0.5) is 13.2 Å². The van der Waals surface area contributed by atoms with Gasteiger partial charge in [0.05, 0.1) is 23.9 Å². The molecule has 0 fully saturated rings. The molecule has 7 nitrogen and oxygen atoms in total. The van der Waals surface area contributed by atoms with Gasteiger partial charge in [-0.15, -0.1) is 0 Å². The Labute approximate surface area is 183 Å². The van der Waals surface area contributed by atoms with E-state index >= 15 is 0 Å². The first-order valence-electron chi connectivity index (χ1n) is 9.98. The van der Waals surface area contributed by atoms with Crippen molar-refractivity contribution < 1.29 is 32.5 Å². The summed E-state index contributed by atoms with van der Waals surface area (Å²) >= 11 is 0. The summed E-state index contributed by atoms with van der Waals surface area (Å²) in [6, 6.07) is 7.42. The Balaban J connectivity index is 0.00000176. The second-order valence-electron chi connectivity index (χ2n) is 7.35. The number of halogens is 3. The minimum atomic E-state index is -4.77. The molecule has 0 radical (unpaired) electrons. The molecule has 32 heavy (non-hydrogen) atoms. The van der Waals surface area contributed by atoms with Gasteiger partial charge in [-0.1, -0.05) is 13.8 Å².